The van der Waals surface area contributed by atoms with Crippen molar-refractivity contribution in [3.05, 3.63) is 24.3 Å². The molecule has 0 aliphatic heterocycles. The molecule has 4 unspecified atom stereocenters. The third-order valence-electron chi connectivity index (χ3n) is 8.02. The third kappa shape index (κ3) is 29.1. The number of hydrogen-bond acceptors (Lipinski definition) is 6. The molecule has 0 aliphatic carbocycles. The van der Waals surface area contributed by atoms with Crippen molar-refractivity contribution in [2.75, 3.05) is 40.9 Å². The number of phosphoric ester groups is 1. The van der Waals surface area contributed by atoms with Crippen molar-refractivity contribution in [3.63, 3.8) is 0 Å². The fraction of sp³-hybridized carbons (Fsp3) is 0.861. The van der Waals surface area contributed by atoms with Crippen LogP contribution in [0.2, 0.25) is 0 Å². The summed E-state index contributed by atoms with van der Waals surface area (Å²) in [5.41, 5.74) is 0. The number of likely N-dealkylation sites (N-methyl/N-ethyl adjacent to an activating group) is 1. The van der Waals surface area contributed by atoms with Crippen molar-refractivity contribution >= 4 is 13.7 Å². The number of quaternary nitrogens is 1. The number of hydrogen-bond donors (Lipinski definition) is 4. The summed E-state index contributed by atoms with van der Waals surface area (Å²) in [6.07, 6.45) is 26.7. The van der Waals surface area contributed by atoms with Crippen LogP contribution in [0, 0.1) is 0 Å². The normalized spacial score (nSPS) is 15.7. The number of carbonyl (C=O) groups is 1. The first-order valence-corrected chi connectivity index (χ1v) is 19.8. The average molecular weight is 676 g/mol. The summed E-state index contributed by atoms with van der Waals surface area (Å²) in [5.74, 6) is -0.277. The highest BCUT2D eigenvalue weighted by atomic mass is 31.2. The molecule has 0 aromatic rings. The summed E-state index contributed by atoms with van der Waals surface area (Å²) in [6.45, 7) is 4.49. The molecule has 272 valence electrons. The Bertz CT molecular complexity index is 832. The predicted octanol–water partition coefficient (Wildman–Crippen LogP) is 7.99. The summed E-state index contributed by atoms with van der Waals surface area (Å²) < 4.78 is 23.3. The Morgan fingerprint density at radius 3 is 1.80 bits per heavy atom. The number of rotatable bonds is 32. The van der Waals surface area contributed by atoms with Crippen LogP contribution in [0.4, 0.5) is 0 Å². The zero-order chi connectivity index (χ0) is 34.5. The van der Waals surface area contributed by atoms with Crippen LogP contribution in [0.1, 0.15) is 142 Å². The first-order chi connectivity index (χ1) is 21.9. The van der Waals surface area contributed by atoms with Gasteiger partial charge in [0, 0.05) is 6.42 Å². The van der Waals surface area contributed by atoms with Gasteiger partial charge in [0.2, 0.25) is 5.91 Å². The summed E-state index contributed by atoms with van der Waals surface area (Å²) in [6, 6.07) is -1.05. The van der Waals surface area contributed by atoms with E-state index in [2.05, 4.69) is 43.5 Å². The molecule has 0 aromatic carbocycles. The van der Waals surface area contributed by atoms with Crippen molar-refractivity contribution in [3.8, 4) is 0 Å². The first-order valence-electron chi connectivity index (χ1n) is 18.3. The van der Waals surface area contributed by atoms with Gasteiger partial charge in [-0.2, -0.15) is 0 Å². The van der Waals surface area contributed by atoms with E-state index in [9.17, 15) is 24.5 Å². The SMILES string of the molecule is CCCCC/C=C/CC/C=C/CCCC(O)C(O)C(COP(=O)(O)OCC[N+](C)(C)C)NC(=O)CCCCCCCCCCCC. The van der Waals surface area contributed by atoms with Crippen molar-refractivity contribution in [2.45, 2.75) is 161 Å². The minimum Gasteiger partial charge on any atom is -0.390 e. The molecule has 0 aromatic heterocycles. The quantitative estimate of drug-likeness (QED) is 0.0247. The second kappa shape index (κ2) is 28.9. The lowest BCUT2D eigenvalue weighted by Gasteiger charge is -2.28. The molecule has 0 saturated heterocycles. The molecular weight excluding hydrogens is 603 g/mol. The monoisotopic (exact) mass is 676 g/mol. The second-order valence-corrected chi connectivity index (χ2v) is 15.2. The number of amides is 1. The van der Waals surface area contributed by atoms with E-state index in [1.807, 2.05) is 21.1 Å². The molecule has 0 aliphatic rings. The molecule has 1 amide bonds. The van der Waals surface area contributed by atoms with Gasteiger partial charge in [-0.15, -0.1) is 0 Å². The molecule has 0 bridgehead atoms. The zero-order valence-corrected chi connectivity index (χ0v) is 31.1. The molecule has 4 N–H and O–H groups in total. The van der Waals surface area contributed by atoms with Gasteiger partial charge in [0.1, 0.15) is 19.3 Å². The number of phosphoric acid groups is 1. The van der Waals surface area contributed by atoms with Crippen LogP contribution in [0.15, 0.2) is 24.3 Å². The standard InChI is InChI=1S/C36H71N2O7P/c1-6-8-10-12-14-16-18-19-20-22-24-26-28-34(39)36(41)33(32-45-46(42,43)44-31-30-38(3,4)5)37-35(40)29-27-25-23-21-17-15-13-11-9-7-2/h14,16,20,22,33-34,36,39,41H,6-13,15,17-19,21,23-32H2,1-5H3,(H-,37,40,42,43)/p+1/b16-14+,22-20+. The van der Waals surface area contributed by atoms with E-state index >= 15 is 0 Å². The molecule has 0 fully saturated rings. The number of unbranched alkanes of at least 4 members (excludes halogenated alkanes) is 14. The zero-order valence-electron chi connectivity index (χ0n) is 30.2. The van der Waals surface area contributed by atoms with E-state index in [-0.39, 0.29) is 18.9 Å². The fourth-order valence-electron chi connectivity index (χ4n) is 4.98. The maximum atomic E-state index is 12.8. The maximum absolute atomic E-state index is 12.8. The van der Waals surface area contributed by atoms with E-state index in [1.54, 1.807) is 0 Å². The minimum atomic E-state index is -4.41. The Hall–Kier alpha value is -1.06. The van der Waals surface area contributed by atoms with Gasteiger partial charge >= 0.3 is 7.82 Å². The molecule has 0 saturated carbocycles. The van der Waals surface area contributed by atoms with Gasteiger partial charge < -0.3 is 24.9 Å². The number of allylic oxidation sites excluding steroid dienone is 4. The molecule has 0 heterocycles. The Kier molecular flexibility index (Phi) is 28.2. The van der Waals surface area contributed by atoms with Crippen LogP contribution >= 0.6 is 7.82 Å². The lowest BCUT2D eigenvalue weighted by Crippen LogP contribution is -2.51. The van der Waals surface area contributed by atoms with Crippen LogP contribution in [-0.2, 0) is 18.4 Å². The minimum absolute atomic E-state index is 0.0149. The largest absolute Gasteiger partial charge is 0.472 e. The van der Waals surface area contributed by atoms with Crippen molar-refractivity contribution in [2.24, 2.45) is 0 Å². The van der Waals surface area contributed by atoms with Gasteiger partial charge in [-0.25, -0.2) is 4.57 Å². The highest BCUT2D eigenvalue weighted by Gasteiger charge is 2.31. The van der Waals surface area contributed by atoms with Gasteiger partial charge in [-0.05, 0) is 51.4 Å². The van der Waals surface area contributed by atoms with Crippen molar-refractivity contribution in [1.29, 1.82) is 0 Å². The van der Waals surface area contributed by atoms with Crippen LogP contribution < -0.4 is 5.32 Å². The summed E-state index contributed by atoms with van der Waals surface area (Å²) in [5, 5.41) is 24.4. The highest BCUT2D eigenvalue weighted by Crippen LogP contribution is 2.43. The molecule has 0 spiro atoms. The number of nitrogens with one attached hydrogen (secondary N) is 1. The molecule has 0 rings (SSSR count). The molecule has 4 atom stereocenters. The summed E-state index contributed by atoms with van der Waals surface area (Å²) >= 11 is 0. The van der Waals surface area contributed by atoms with Crippen molar-refractivity contribution in [1.82, 2.24) is 5.32 Å². The Labute approximate surface area is 282 Å². The third-order valence-corrected chi connectivity index (χ3v) is 9.01. The van der Waals surface area contributed by atoms with E-state index in [1.165, 1.54) is 64.2 Å². The van der Waals surface area contributed by atoms with Crippen LogP contribution in [0.5, 0.6) is 0 Å². The maximum Gasteiger partial charge on any atom is 0.472 e. The van der Waals surface area contributed by atoms with Gasteiger partial charge in [-0.1, -0.05) is 109 Å². The van der Waals surface area contributed by atoms with E-state index in [4.69, 9.17) is 9.05 Å². The van der Waals surface area contributed by atoms with Gasteiger partial charge in [0.05, 0.1) is 39.9 Å². The molecule has 9 nitrogen and oxygen atoms in total. The summed E-state index contributed by atoms with van der Waals surface area (Å²) in [7, 11) is 1.41. The Morgan fingerprint density at radius 1 is 0.739 bits per heavy atom. The second-order valence-electron chi connectivity index (χ2n) is 13.7. The predicted molar refractivity (Wildman–Crippen MR) is 191 cm³/mol. The van der Waals surface area contributed by atoms with Gasteiger partial charge in [-0.3, -0.25) is 13.8 Å². The average Bonchev–Trinajstić information content (AvgIpc) is 2.99. The highest BCUT2D eigenvalue weighted by molar-refractivity contribution is 7.47. The first kappa shape index (κ1) is 44.9. The number of aliphatic hydroxyl groups excluding tert-OH is 2. The molecule has 46 heavy (non-hydrogen) atoms. The Morgan fingerprint density at radius 2 is 1.24 bits per heavy atom. The smallest absolute Gasteiger partial charge is 0.390 e. The van der Waals surface area contributed by atoms with E-state index in [0.717, 1.165) is 44.9 Å². The van der Waals surface area contributed by atoms with Crippen LogP contribution in [0.25, 0.3) is 0 Å². The molecule has 10 heteroatoms. The van der Waals surface area contributed by atoms with E-state index < -0.39 is 32.7 Å². The lowest BCUT2D eigenvalue weighted by atomic mass is 10.0. The van der Waals surface area contributed by atoms with Gasteiger partial charge in [0.25, 0.3) is 0 Å². The lowest BCUT2D eigenvalue weighted by molar-refractivity contribution is -0.870. The summed E-state index contributed by atoms with van der Waals surface area (Å²) in [4.78, 5) is 22.9. The van der Waals surface area contributed by atoms with Gasteiger partial charge in [0.15, 0.2) is 0 Å². The topological polar surface area (TPSA) is 125 Å². The molecular formula is C36H72N2O7P+. The molecule has 0 radical (unpaired) electrons. The van der Waals surface area contributed by atoms with Crippen LogP contribution in [0.3, 0.4) is 0 Å². The number of carbonyl (C=O) groups excluding carboxylic acids is 1. The Balaban J connectivity index is 4.74. The fourth-order valence-corrected chi connectivity index (χ4v) is 5.72. The van der Waals surface area contributed by atoms with E-state index in [0.29, 0.717) is 23.9 Å². The number of aliphatic hydroxyl groups is 2. The van der Waals surface area contributed by atoms with Crippen molar-refractivity contribution < 1.29 is 38.0 Å². The van der Waals surface area contributed by atoms with Crippen LogP contribution in [-0.4, -0.2) is 84.6 Å². The number of nitrogens with zero attached hydrogens (tertiary/aromatic N) is 1.